The minimum Gasteiger partial charge on any atom is -0.468 e. The number of hydrogen-bond acceptors (Lipinski definition) is 5. The normalized spacial score (nSPS) is 20.6. The third-order valence-electron chi connectivity index (χ3n) is 4.72. The van der Waals surface area contributed by atoms with Gasteiger partial charge in [-0.25, -0.2) is 0 Å². The Morgan fingerprint density at radius 2 is 1.72 bits per heavy atom. The summed E-state index contributed by atoms with van der Waals surface area (Å²) in [6, 6.07) is -5.54. The molecule has 0 saturated heterocycles. The Labute approximate surface area is 145 Å². The van der Waals surface area contributed by atoms with Crippen molar-refractivity contribution in [3.8, 4) is 0 Å². The molecule has 0 radical (unpaired) electrons. The lowest BCUT2D eigenvalue weighted by Gasteiger charge is -2.36. The zero-order valence-corrected chi connectivity index (χ0v) is 15.1. The molecule has 25 heavy (non-hydrogen) atoms. The van der Waals surface area contributed by atoms with Gasteiger partial charge in [0.2, 0.25) is 6.04 Å². The Hall–Kier alpha value is -1.38. The maximum atomic E-state index is 13.7. The average Bonchev–Trinajstić information content (AvgIpc) is 2.48. The van der Waals surface area contributed by atoms with Gasteiger partial charge in [-0.2, -0.15) is 13.2 Å². The van der Waals surface area contributed by atoms with Crippen LogP contribution in [0.5, 0.6) is 0 Å². The van der Waals surface area contributed by atoms with Crippen molar-refractivity contribution < 1.29 is 27.6 Å². The third-order valence-corrected chi connectivity index (χ3v) is 4.72. The van der Waals surface area contributed by atoms with Gasteiger partial charge in [0.05, 0.1) is 7.11 Å². The van der Waals surface area contributed by atoms with Crippen molar-refractivity contribution in [2.45, 2.75) is 77.2 Å². The number of nitro groups is 1. The minimum atomic E-state index is -4.85. The molecule has 1 aliphatic rings. The number of ether oxygens (including phenoxy) is 1. The number of alkyl halides is 3. The van der Waals surface area contributed by atoms with Crippen LogP contribution in [0.2, 0.25) is 0 Å². The van der Waals surface area contributed by atoms with Crippen LogP contribution in [-0.2, 0) is 9.53 Å². The molecule has 0 aromatic heterocycles. The quantitative estimate of drug-likeness (QED) is 0.442. The van der Waals surface area contributed by atoms with Crippen molar-refractivity contribution in [2.24, 2.45) is 11.3 Å². The third kappa shape index (κ3) is 5.83. The van der Waals surface area contributed by atoms with Crippen molar-refractivity contribution in [1.29, 1.82) is 0 Å². The van der Waals surface area contributed by atoms with Gasteiger partial charge in [-0.15, -0.1) is 0 Å². The average molecular weight is 368 g/mol. The molecule has 1 fully saturated rings. The number of methoxy groups -OCH3 is 1. The number of carbonyl (C=O) groups is 1. The second-order valence-electron chi connectivity index (χ2n) is 7.68. The first kappa shape index (κ1) is 21.7. The van der Waals surface area contributed by atoms with E-state index in [1.165, 1.54) is 0 Å². The van der Waals surface area contributed by atoms with Crippen LogP contribution in [0.3, 0.4) is 0 Å². The first-order chi connectivity index (χ1) is 11.4. The summed E-state index contributed by atoms with van der Waals surface area (Å²) in [5.74, 6) is -1.53. The molecule has 9 heteroatoms. The summed E-state index contributed by atoms with van der Waals surface area (Å²) in [5, 5.41) is 13.7. The van der Waals surface area contributed by atoms with Crippen LogP contribution >= 0.6 is 0 Å². The first-order valence-electron chi connectivity index (χ1n) is 8.43. The second-order valence-corrected chi connectivity index (χ2v) is 7.68. The van der Waals surface area contributed by atoms with Crippen LogP contribution in [0, 0.1) is 21.4 Å². The summed E-state index contributed by atoms with van der Waals surface area (Å²) in [5.41, 5.74) is -0.899. The topological polar surface area (TPSA) is 81.5 Å². The fourth-order valence-electron chi connectivity index (χ4n) is 3.40. The Morgan fingerprint density at radius 3 is 2.08 bits per heavy atom. The summed E-state index contributed by atoms with van der Waals surface area (Å²) in [6.45, 7) is 4.74. The molecule has 0 spiro atoms. The number of nitrogens with one attached hydrogen (secondary N) is 1. The van der Waals surface area contributed by atoms with E-state index in [9.17, 15) is 28.1 Å². The maximum Gasteiger partial charge on any atom is 0.410 e. The second kappa shape index (κ2) is 8.33. The van der Waals surface area contributed by atoms with E-state index in [4.69, 9.17) is 0 Å². The molecule has 1 aliphatic carbocycles. The van der Waals surface area contributed by atoms with Crippen LogP contribution in [0.1, 0.15) is 52.9 Å². The smallest absolute Gasteiger partial charge is 0.410 e. The Balaban J connectivity index is 3.20. The summed E-state index contributed by atoms with van der Waals surface area (Å²) in [4.78, 5) is 22.6. The minimum absolute atomic E-state index is 0.387. The van der Waals surface area contributed by atoms with Gasteiger partial charge >= 0.3 is 12.1 Å². The molecule has 1 N–H and O–H groups in total. The predicted octanol–water partition coefficient (Wildman–Crippen LogP) is 3.32. The number of hydrogen-bond donors (Lipinski definition) is 1. The highest BCUT2D eigenvalue weighted by atomic mass is 19.4. The van der Waals surface area contributed by atoms with Crippen molar-refractivity contribution in [1.82, 2.24) is 5.32 Å². The molecule has 0 bridgehead atoms. The lowest BCUT2D eigenvalue weighted by Crippen LogP contribution is -2.62. The molecule has 1 rings (SSSR count). The first-order valence-corrected chi connectivity index (χ1v) is 8.43. The zero-order valence-electron chi connectivity index (χ0n) is 15.1. The van der Waals surface area contributed by atoms with Gasteiger partial charge in [-0.1, -0.05) is 40.0 Å². The standard InChI is InChI=1S/C16H27F3N2O4/c1-15(2,3)13(14(22)25-4)20-12(16(17,18)19)11(21(23)24)10-8-6-5-7-9-10/h10-13,20H,5-9H2,1-4H3/t11?,12?,13-/m1/s1. The lowest BCUT2D eigenvalue weighted by atomic mass is 9.79. The van der Waals surface area contributed by atoms with E-state index in [1.807, 2.05) is 0 Å². The van der Waals surface area contributed by atoms with Gasteiger partial charge in [-0.05, 0) is 18.3 Å². The fraction of sp³-hybridized carbons (Fsp3) is 0.938. The molecular formula is C16H27F3N2O4. The summed E-state index contributed by atoms with van der Waals surface area (Å²) in [7, 11) is 1.08. The van der Waals surface area contributed by atoms with Crippen LogP contribution < -0.4 is 5.32 Å². The Bertz CT molecular complexity index is 471. The summed E-state index contributed by atoms with van der Waals surface area (Å²) >= 11 is 0. The molecular weight excluding hydrogens is 341 g/mol. The van der Waals surface area contributed by atoms with E-state index in [2.05, 4.69) is 10.1 Å². The maximum absolute atomic E-state index is 13.7. The molecule has 6 nitrogen and oxygen atoms in total. The van der Waals surface area contributed by atoms with Gasteiger partial charge in [-0.3, -0.25) is 20.2 Å². The highest BCUT2D eigenvalue weighted by molar-refractivity contribution is 5.76. The zero-order chi connectivity index (χ0) is 19.4. The van der Waals surface area contributed by atoms with Crippen LogP contribution in [-0.4, -0.2) is 42.3 Å². The van der Waals surface area contributed by atoms with Gasteiger partial charge in [0, 0.05) is 10.8 Å². The number of carbonyl (C=O) groups excluding carboxylic acids is 1. The van der Waals surface area contributed by atoms with Crippen LogP contribution in [0.4, 0.5) is 13.2 Å². The van der Waals surface area contributed by atoms with E-state index in [0.717, 1.165) is 13.5 Å². The highest BCUT2D eigenvalue weighted by Crippen LogP contribution is 2.35. The van der Waals surface area contributed by atoms with E-state index in [0.29, 0.717) is 25.7 Å². The molecule has 0 heterocycles. The van der Waals surface area contributed by atoms with Crippen molar-refractivity contribution in [3.63, 3.8) is 0 Å². The predicted molar refractivity (Wildman–Crippen MR) is 85.6 cm³/mol. The Morgan fingerprint density at radius 1 is 1.20 bits per heavy atom. The van der Waals surface area contributed by atoms with Gasteiger partial charge in [0.15, 0.2) is 6.04 Å². The number of rotatable bonds is 6. The lowest BCUT2D eigenvalue weighted by molar-refractivity contribution is -0.545. The van der Waals surface area contributed by atoms with Gasteiger partial charge in [0.25, 0.3) is 0 Å². The van der Waals surface area contributed by atoms with Crippen molar-refractivity contribution in [2.75, 3.05) is 7.11 Å². The Kier molecular flexibility index (Phi) is 7.22. The van der Waals surface area contributed by atoms with Crippen molar-refractivity contribution in [3.05, 3.63) is 10.1 Å². The van der Waals surface area contributed by atoms with Gasteiger partial charge < -0.3 is 4.74 Å². The van der Waals surface area contributed by atoms with Crippen molar-refractivity contribution >= 4 is 5.97 Å². The molecule has 0 aliphatic heterocycles. The van der Waals surface area contributed by atoms with Crippen LogP contribution in [0.15, 0.2) is 0 Å². The highest BCUT2D eigenvalue weighted by Gasteiger charge is 2.55. The fourth-order valence-corrected chi connectivity index (χ4v) is 3.40. The number of halogens is 3. The molecule has 2 unspecified atom stereocenters. The number of esters is 1. The molecule has 0 amide bonds. The SMILES string of the molecule is COC(=O)[C@@H](NC(C(C1CCCCC1)[N+](=O)[O-])C(F)(F)F)C(C)(C)C. The summed E-state index contributed by atoms with van der Waals surface area (Å²) < 4.78 is 45.6. The number of nitrogens with zero attached hydrogens (tertiary/aromatic N) is 1. The van der Waals surface area contributed by atoms with Crippen LogP contribution in [0.25, 0.3) is 0 Å². The molecule has 1 saturated carbocycles. The van der Waals surface area contributed by atoms with E-state index in [1.54, 1.807) is 20.8 Å². The summed E-state index contributed by atoms with van der Waals surface area (Å²) in [6.07, 6.45) is -1.85. The molecule has 3 atom stereocenters. The van der Waals surface area contributed by atoms with E-state index >= 15 is 0 Å². The largest absolute Gasteiger partial charge is 0.468 e. The molecule has 0 aromatic rings. The van der Waals surface area contributed by atoms with Gasteiger partial charge in [0.1, 0.15) is 6.04 Å². The monoisotopic (exact) mass is 368 g/mol. The van der Waals surface area contributed by atoms with E-state index in [-0.39, 0.29) is 0 Å². The molecule has 146 valence electrons. The van der Waals surface area contributed by atoms with E-state index < -0.39 is 46.5 Å². The molecule has 0 aromatic carbocycles.